The highest BCUT2D eigenvalue weighted by Crippen LogP contribution is 2.36. The van der Waals surface area contributed by atoms with Crippen molar-refractivity contribution in [1.82, 2.24) is 20.1 Å². The standard InChI is InChI=1S/C14H14F3N5O/c1-21-6-4-11(20-21)13(23)19-9-7-22(8-9)12-10(14(15,16)17)3-2-5-18-12/h2-6,9H,7-8H2,1H3,(H,19,23). The quantitative estimate of drug-likeness (QED) is 0.928. The molecule has 1 aliphatic heterocycles. The van der Waals surface area contributed by atoms with Crippen LogP contribution in [0.4, 0.5) is 19.0 Å². The second kappa shape index (κ2) is 5.56. The minimum absolute atomic E-state index is 0.108. The first-order valence-electron chi connectivity index (χ1n) is 6.92. The Bertz CT molecular complexity index is 721. The molecular weight excluding hydrogens is 311 g/mol. The Kier molecular flexibility index (Phi) is 3.70. The smallest absolute Gasteiger partial charge is 0.352 e. The van der Waals surface area contributed by atoms with E-state index in [0.29, 0.717) is 0 Å². The molecule has 0 aliphatic carbocycles. The van der Waals surface area contributed by atoms with E-state index in [-0.39, 0.29) is 36.6 Å². The SMILES string of the molecule is Cn1ccc(C(=O)NC2CN(c3ncccc3C(F)(F)F)C2)n1. The third kappa shape index (κ3) is 3.13. The normalized spacial score (nSPS) is 15.4. The van der Waals surface area contributed by atoms with Crippen LogP contribution in [0, 0.1) is 0 Å². The van der Waals surface area contributed by atoms with E-state index in [9.17, 15) is 18.0 Å². The van der Waals surface area contributed by atoms with E-state index in [1.54, 1.807) is 19.3 Å². The summed E-state index contributed by atoms with van der Waals surface area (Å²) < 4.78 is 40.4. The number of nitrogens with zero attached hydrogens (tertiary/aromatic N) is 4. The fraction of sp³-hybridized carbons (Fsp3) is 0.357. The number of halogens is 3. The summed E-state index contributed by atoms with van der Waals surface area (Å²) in [7, 11) is 1.70. The molecule has 1 N–H and O–H groups in total. The molecule has 0 radical (unpaired) electrons. The number of hydrogen-bond donors (Lipinski definition) is 1. The van der Waals surface area contributed by atoms with Gasteiger partial charge < -0.3 is 10.2 Å². The van der Waals surface area contributed by atoms with Crippen molar-refractivity contribution in [3.8, 4) is 0 Å². The average Bonchev–Trinajstić information content (AvgIpc) is 2.88. The van der Waals surface area contributed by atoms with E-state index in [1.807, 2.05) is 0 Å². The maximum Gasteiger partial charge on any atom is 0.419 e. The lowest BCUT2D eigenvalue weighted by molar-refractivity contribution is -0.137. The molecule has 1 amide bonds. The molecule has 2 aromatic heterocycles. The number of pyridine rings is 1. The highest BCUT2D eigenvalue weighted by Gasteiger charge is 2.39. The lowest BCUT2D eigenvalue weighted by Crippen LogP contribution is -2.60. The molecule has 3 rings (SSSR count). The summed E-state index contributed by atoms with van der Waals surface area (Å²) in [6, 6.07) is 3.61. The van der Waals surface area contributed by atoms with E-state index in [0.717, 1.165) is 6.07 Å². The molecular formula is C14H14F3N5O. The van der Waals surface area contributed by atoms with Gasteiger partial charge in [-0.2, -0.15) is 18.3 Å². The summed E-state index contributed by atoms with van der Waals surface area (Å²) in [4.78, 5) is 17.2. The predicted molar refractivity (Wildman–Crippen MR) is 75.9 cm³/mol. The molecule has 3 heterocycles. The molecule has 0 unspecified atom stereocenters. The number of carbonyl (C=O) groups is 1. The molecule has 0 spiro atoms. The Morgan fingerprint density at radius 3 is 2.70 bits per heavy atom. The summed E-state index contributed by atoms with van der Waals surface area (Å²) in [6.07, 6.45) is -1.48. The van der Waals surface area contributed by atoms with Crippen LogP contribution in [0.5, 0.6) is 0 Å². The highest BCUT2D eigenvalue weighted by atomic mass is 19.4. The van der Waals surface area contributed by atoms with Crippen molar-refractivity contribution in [3.05, 3.63) is 41.9 Å². The van der Waals surface area contributed by atoms with Crippen LogP contribution < -0.4 is 10.2 Å². The van der Waals surface area contributed by atoms with Crippen molar-refractivity contribution in [3.63, 3.8) is 0 Å². The number of hydrogen-bond acceptors (Lipinski definition) is 4. The van der Waals surface area contributed by atoms with E-state index in [2.05, 4.69) is 15.4 Å². The van der Waals surface area contributed by atoms with Gasteiger partial charge in [-0.1, -0.05) is 0 Å². The van der Waals surface area contributed by atoms with Gasteiger partial charge in [-0.05, 0) is 18.2 Å². The molecule has 0 bridgehead atoms. The van der Waals surface area contributed by atoms with Crippen molar-refractivity contribution in [2.24, 2.45) is 7.05 Å². The average molecular weight is 325 g/mol. The maximum absolute atomic E-state index is 13.0. The summed E-state index contributed by atoms with van der Waals surface area (Å²) in [6.45, 7) is 0.553. The number of anilines is 1. The topological polar surface area (TPSA) is 63.1 Å². The minimum atomic E-state index is -4.45. The molecule has 2 aromatic rings. The van der Waals surface area contributed by atoms with Gasteiger partial charge in [-0.25, -0.2) is 4.98 Å². The number of amides is 1. The van der Waals surface area contributed by atoms with Gasteiger partial charge >= 0.3 is 6.18 Å². The van der Waals surface area contributed by atoms with Crippen LogP contribution in [0.3, 0.4) is 0 Å². The summed E-state index contributed by atoms with van der Waals surface area (Å²) in [5.74, 6) is -0.448. The van der Waals surface area contributed by atoms with Crippen LogP contribution in [0.15, 0.2) is 30.6 Å². The lowest BCUT2D eigenvalue weighted by Gasteiger charge is -2.41. The molecule has 9 heteroatoms. The zero-order chi connectivity index (χ0) is 16.6. The number of aryl methyl sites for hydroxylation is 1. The zero-order valence-electron chi connectivity index (χ0n) is 12.2. The first-order chi connectivity index (χ1) is 10.8. The summed E-state index contributed by atoms with van der Waals surface area (Å²) in [5.41, 5.74) is -0.491. The van der Waals surface area contributed by atoms with Crippen molar-refractivity contribution >= 4 is 11.7 Å². The highest BCUT2D eigenvalue weighted by molar-refractivity contribution is 5.92. The third-order valence-electron chi connectivity index (χ3n) is 3.55. The molecule has 1 aliphatic rings. The van der Waals surface area contributed by atoms with Crippen LogP contribution in [-0.2, 0) is 13.2 Å². The van der Waals surface area contributed by atoms with Crippen LogP contribution in [0.1, 0.15) is 16.1 Å². The fourth-order valence-electron chi connectivity index (χ4n) is 2.41. The molecule has 0 aromatic carbocycles. The van der Waals surface area contributed by atoms with E-state index < -0.39 is 11.7 Å². The summed E-state index contributed by atoms with van der Waals surface area (Å²) >= 11 is 0. The molecule has 0 atom stereocenters. The molecule has 122 valence electrons. The van der Waals surface area contributed by atoms with Gasteiger partial charge in [0.2, 0.25) is 0 Å². The van der Waals surface area contributed by atoms with Gasteiger partial charge in [-0.3, -0.25) is 9.48 Å². The lowest BCUT2D eigenvalue weighted by atomic mass is 10.1. The monoisotopic (exact) mass is 325 g/mol. The van der Waals surface area contributed by atoms with Gasteiger partial charge in [0.25, 0.3) is 5.91 Å². The van der Waals surface area contributed by atoms with E-state index in [4.69, 9.17) is 0 Å². The molecule has 0 saturated carbocycles. The van der Waals surface area contributed by atoms with Crippen molar-refractivity contribution < 1.29 is 18.0 Å². The third-order valence-corrected chi connectivity index (χ3v) is 3.55. The first-order valence-corrected chi connectivity index (χ1v) is 6.92. The largest absolute Gasteiger partial charge is 0.419 e. The first kappa shape index (κ1) is 15.3. The van der Waals surface area contributed by atoms with Gasteiger partial charge in [0.1, 0.15) is 11.5 Å². The van der Waals surface area contributed by atoms with Crippen LogP contribution in [0.2, 0.25) is 0 Å². The number of alkyl halides is 3. The van der Waals surface area contributed by atoms with E-state index >= 15 is 0 Å². The fourth-order valence-corrected chi connectivity index (χ4v) is 2.41. The molecule has 6 nitrogen and oxygen atoms in total. The Morgan fingerprint density at radius 1 is 1.35 bits per heavy atom. The van der Waals surface area contributed by atoms with Crippen molar-refractivity contribution in [1.29, 1.82) is 0 Å². The van der Waals surface area contributed by atoms with E-state index in [1.165, 1.54) is 21.8 Å². The van der Waals surface area contributed by atoms with Crippen LogP contribution >= 0.6 is 0 Å². The Labute approximate surface area is 129 Å². The molecule has 1 fully saturated rings. The van der Waals surface area contributed by atoms with Gasteiger partial charge in [0.05, 0.1) is 11.6 Å². The number of nitrogens with one attached hydrogen (secondary N) is 1. The van der Waals surface area contributed by atoms with Crippen molar-refractivity contribution in [2.75, 3.05) is 18.0 Å². The molecule has 1 saturated heterocycles. The van der Waals surface area contributed by atoms with Crippen LogP contribution in [0.25, 0.3) is 0 Å². The van der Waals surface area contributed by atoms with Gasteiger partial charge in [-0.15, -0.1) is 0 Å². The van der Waals surface area contributed by atoms with Crippen LogP contribution in [-0.4, -0.2) is 39.8 Å². The summed E-state index contributed by atoms with van der Waals surface area (Å²) in [5, 5.41) is 6.71. The Morgan fingerprint density at radius 2 is 2.09 bits per heavy atom. The van der Waals surface area contributed by atoms with Gasteiger partial charge in [0, 0.05) is 32.5 Å². The zero-order valence-corrected chi connectivity index (χ0v) is 12.2. The van der Waals surface area contributed by atoms with Gasteiger partial charge in [0.15, 0.2) is 0 Å². The second-order valence-corrected chi connectivity index (χ2v) is 5.32. The molecule has 23 heavy (non-hydrogen) atoms. The minimum Gasteiger partial charge on any atom is -0.352 e. The predicted octanol–water partition coefficient (Wildman–Crippen LogP) is 1.45. The maximum atomic E-state index is 13.0. The number of rotatable bonds is 3. The Balaban J connectivity index is 1.63. The number of carbonyl (C=O) groups excluding carboxylic acids is 1. The number of aromatic nitrogens is 3. The van der Waals surface area contributed by atoms with Crippen molar-refractivity contribution in [2.45, 2.75) is 12.2 Å². The second-order valence-electron chi connectivity index (χ2n) is 5.32. The Hall–Kier alpha value is -2.58.